The largest absolute Gasteiger partial charge is 0.495 e. The Morgan fingerprint density at radius 1 is 1.31 bits per heavy atom. The number of aromatic nitrogens is 2. The van der Waals surface area contributed by atoms with Crippen LogP contribution in [0.2, 0.25) is 0 Å². The van der Waals surface area contributed by atoms with Gasteiger partial charge >= 0.3 is 0 Å². The SMILES string of the molecule is COc1ccc(C(=O)N(C)C)cc1NC(=O)CSCc1nc2sc3c(c2c(=O)[nH]1)CCC3. The molecular weight excluding hydrogens is 448 g/mol. The van der Waals surface area contributed by atoms with Gasteiger partial charge in [0, 0.05) is 24.5 Å². The molecule has 2 aromatic heterocycles. The van der Waals surface area contributed by atoms with E-state index in [-0.39, 0.29) is 23.1 Å². The van der Waals surface area contributed by atoms with Gasteiger partial charge in [-0.2, -0.15) is 0 Å². The summed E-state index contributed by atoms with van der Waals surface area (Å²) in [5.41, 5.74) is 1.95. The smallest absolute Gasteiger partial charge is 0.259 e. The van der Waals surface area contributed by atoms with E-state index < -0.39 is 0 Å². The fourth-order valence-electron chi connectivity index (χ4n) is 3.74. The van der Waals surface area contributed by atoms with Gasteiger partial charge in [-0.1, -0.05) is 0 Å². The molecule has 0 bridgehead atoms. The van der Waals surface area contributed by atoms with Crippen molar-refractivity contribution in [1.82, 2.24) is 14.9 Å². The second kappa shape index (κ2) is 9.33. The first-order valence-electron chi connectivity index (χ1n) is 10.2. The van der Waals surface area contributed by atoms with Gasteiger partial charge in [0.2, 0.25) is 5.91 Å². The summed E-state index contributed by atoms with van der Waals surface area (Å²) in [4.78, 5) is 48.2. The number of anilines is 1. The highest BCUT2D eigenvalue weighted by atomic mass is 32.2. The molecule has 0 radical (unpaired) electrons. The highest BCUT2D eigenvalue weighted by Crippen LogP contribution is 2.34. The molecule has 10 heteroatoms. The van der Waals surface area contributed by atoms with Gasteiger partial charge in [0.05, 0.1) is 29.7 Å². The third-order valence-corrected chi connectivity index (χ3v) is 7.35. The lowest BCUT2D eigenvalue weighted by atomic mass is 10.1. The predicted molar refractivity (Wildman–Crippen MR) is 128 cm³/mol. The van der Waals surface area contributed by atoms with Gasteiger partial charge in [-0.3, -0.25) is 14.4 Å². The molecule has 3 aromatic rings. The Bertz CT molecular complexity index is 1250. The Morgan fingerprint density at radius 2 is 2.12 bits per heavy atom. The van der Waals surface area contributed by atoms with Crippen molar-refractivity contribution in [1.29, 1.82) is 0 Å². The van der Waals surface area contributed by atoms with Crippen molar-refractivity contribution in [2.45, 2.75) is 25.0 Å². The van der Waals surface area contributed by atoms with Crippen LogP contribution in [0.1, 0.15) is 33.0 Å². The van der Waals surface area contributed by atoms with E-state index in [2.05, 4.69) is 15.3 Å². The van der Waals surface area contributed by atoms with Crippen molar-refractivity contribution in [3.63, 3.8) is 0 Å². The lowest BCUT2D eigenvalue weighted by Crippen LogP contribution is -2.22. The summed E-state index contributed by atoms with van der Waals surface area (Å²) in [6.07, 6.45) is 3.06. The average Bonchev–Trinajstić information content (AvgIpc) is 3.34. The van der Waals surface area contributed by atoms with Crippen LogP contribution in [0.3, 0.4) is 0 Å². The van der Waals surface area contributed by atoms with E-state index in [1.165, 1.54) is 28.6 Å². The molecule has 0 fully saturated rings. The Kier molecular flexibility index (Phi) is 6.52. The van der Waals surface area contributed by atoms with Crippen molar-refractivity contribution in [2.75, 3.05) is 32.3 Å². The summed E-state index contributed by atoms with van der Waals surface area (Å²) in [6.45, 7) is 0. The first-order valence-corrected chi connectivity index (χ1v) is 12.1. The van der Waals surface area contributed by atoms with Crippen molar-refractivity contribution in [3.05, 3.63) is 50.4 Å². The van der Waals surface area contributed by atoms with Crippen LogP contribution in [0.25, 0.3) is 10.2 Å². The van der Waals surface area contributed by atoms with Gasteiger partial charge in [0.15, 0.2) is 0 Å². The molecule has 4 rings (SSSR count). The average molecular weight is 473 g/mol. The second-order valence-electron chi connectivity index (χ2n) is 7.71. The maximum absolute atomic E-state index is 12.5. The standard InChI is InChI=1S/C22H24N4O4S2/c1-26(2)22(29)12-7-8-15(30-3)14(9-12)23-18(27)11-31-10-17-24-20(28)19-13-5-4-6-16(13)32-21(19)25-17/h7-9H,4-6,10-11H2,1-3H3,(H,23,27)(H,24,25,28). The first-order chi connectivity index (χ1) is 15.4. The molecule has 0 aliphatic heterocycles. The highest BCUT2D eigenvalue weighted by Gasteiger charge is 2.21. The number of nitrogens with zero attached hydrogens (tertiary/aromatic N) is 2. The zero-order chi connectivity index (χ0) is 22.8. The predicted octanol–water partition coefficient (Wildman–Crippen LogP) is 3.06. The first kappa shape index (κ1) is 22.3. The third-order valence-electron chi connectivity index (χ3n) is 5.22. The number of aryl methyl sites for hydroxylation is 2. The summed E-state index contributed by atoms with van der Waals surface area (Å²) >= 11 is 2.96. The molecule has 168 valence electrons. The van der Waals surface area contributed by atoms with Crippen LogP contribution < -0.4 is 15.6 Å². The Labute approximate surface area is 193 Å². The van der Waals surface area contributed by atoms with E-state index >= 15 is 0 Å². The molecule has 0 atom stereocenters. The summed E-state index contributed by atoms with van der Waals surface area (Å²) in [5, 5.41) is 3.53. The minimum atomic E-state index is -0.235. The highest BCUT2D eigenvalue weighted by molar-refractivity contribution is 7.99. The number of carbonyl (C=O) groups is 2. The van der Waals surface area contributed by atoms with Gasteiger partial charge in [-0.15, -0.1) is 23.1 Å². The summed E-state index contributed by atoms with van der Waals surface area (Å²) < 4.78 is 5.30. The minimum absolute atomic E-state index is 0.0958. The topological polar surface area (TPSA) is 104 Å². The number of thioether (sulfide) groups is 1. The number of methoxy groups -OCH3 is 1. The van der Waals surface area contributed by atoms with E-state index in [0.717, 1.165) is 35.0 Å². The maximum atomic E-state index is 12.5. The number of thiophene rings is 1. The van der Waals surface area contributed by atoms with Crippen LogP contribution >= 0.6 is 23.1 Å². The van der Waals surface area contributed by atoms with Crippen LogP contribution in [0.4, 0.5) is 5.69 Å². The Hall–Kier alpha value is -2.85. The monoisotopic (exact) mass is 472 g/mol. The minimum Gasteiger partial charge on any atom is -0.495 e. The van der Waals surface area contributed by atoms with Gasteiger partial charge < -0.3 is 19.9 Å². The fourth-order valence-corrected chi connectivity index (χ4v) is 5.71. The number of hydrogen-bond donors (Lipinski definition) is 2. The molecule has 1 aliphatic rings. The zero-order valence-corrected chi connectivity index (χ0v) is 19.7. The molecule has 32 heavy (non-hydrogen) atoms. The number of amides is 2. The van der Waals surface area contributed by atoms with E-state index in [1.54, 1.807) is 43.6 Å². The molecular formula is C22H24N4O4S2. The number of aromatic amines is 1. The van der Waals surface area contributed by atoms with Crippen LogP contribution in [0, 0.1) is 0 Å². The summed E-state index contributed by atoms with van der Waals surface area (Å²) in [6, 6.07) is 4.92. The van der Waals surface area contributed by atoms with Crippen molar-refractivity contribution in [3.8, 4) is 5.75 Å². The Balaban J connectivity index is 1.40. The lowest BCUT2D eigenvalue weighted by Gasteiger charge is -2.14. The Morgan fingerprint density at radius 3 is 2.88 bits per heavy atom. The van der Waals surface area contributed by atoms with Gasteiger partial charge in [0.25, 0.3) is 11.5 Å². The quantitative estimate of drug-likeness (QED) is 0.548. The fraction of sp³-hybridized carbons (Fsp3) is 0.364. The molecule has 1 aromatic carbocycles. The van der Waals surface area contributed by atoms with Crippen LogP contribution in [-0.2, 0) is 23.4 Å². The van der Waals surface area contributed by atoms with Gasteiger partial charge in [-0.05, 0) is 43.0 Å². The number of H-pyrrole nitrogens is 1. The number of benzene rings is 1. The third kappa shape index (κ3) is 4.51. The normalized spacial score (nSPS) is 12.6. The number of fused-ring (bicyclic) bond motifs is 3. The van der Waals surface area contributed by atoms with E-state index in [1.807, 2.05) is 0 Å². The molecule has 8 nitrogen and oxygen atoms in total. The number of nitrogens with one attached hydrogen (secondary N) is 2. The number of carbonyl (C=O) groups excluding carboxylic acids is 2. The van der Waals surface area contributed by atoms with E-state index in [4.69, 9.17) is 4.74 Å². The van der Waals surface area contributed by atoms with Gasteiger partial charge in [-0.25, -0.2) is 4.98 Å². The van der Waals surface area contributed by atoms with Crippen molar-refractivity contribution < 1.29 is 14.3 Å². The summed E-state index contributed by atoms with van der Waals surface area (Å²) in [7, 11) is 4.84. The molecule has 2 heterocycles. The lowest BCUT2D eigenvalue weighted by molar-refractivity contribution is -0.113. The molecule has 2 amide bonds. The van der Waals surface area contributed by atoms with Crippen LogP contribution in [0.15, 0.2) is 23.0 Å². The molecule has 2 N–H and O–H groups in total. The van der Waals surface area contributed by atoms with Crippen LogP contribution in [-0.4, -0.2) is 53.6 Å². The maximum Gasteiger partial charge on any atom is 0.259 e. The van der Waals surface area contributed by atoms with Crippen molar-refractivity contribution >= 4 is 50.8 Å². The van der Waals surface area contributed by atoms with Gasteiger partial charge in [0.1, 0.15) is 16.4 Å². The number of rotatable bonds is 7. The summed E-state index contributed by atoms with van der Waals surface area (Å²) in [5.74, 6) is 1.22. The molecule has 0 saturated carbocycles. The van der Waals surface area contributed by atoms with Crippen LogP contribution in [0.5, 0.6) is 5.75 Å². The molecule has 0 spiro atoms. The second-order valence-corrected chi connectivity index (χ2v) is 9.77. The number of hydrogen-bond acceptors (Lipinski definition) is 7. The number of ether oxygens (including phenoxy) is 1. The molecule has 1 aliphatic carbocycles. The molecule has 0 saturated heterocycles. The zero-order valence-electron chi connectivity index (χ0n) is 18.1. The van der Waals surface area contributed by atoms with E-state index in [0.29, 0.717) is 28.6 Å². The van der Waals surface area contributed by atoms with Crippen molar-refractivity contribution in [2.24, 2.45) is 0 Å². The van der Waals surface area contributed by atoms with E-state index in [9.17, 15) is 14.4 Å². The molecule has 0 unspecified atom stereocenters.